The highest BCUT2D eigenvalue weighted by molar-refractivity contribution is 5.94. The number of amides is 1. The Morgan fingerprint density at radius 2 is 2.35 bits per heavy atom. The van der Waals surface area contributed by atoms with E-state index >= 15 is 0 Å². The fourth-order valence-electron chi connectivity index (χ4n) is 2.57. The van der Waals surface area contributed by atoms with Crippen molar-refractivity contribution < 1.29 is 4.79 Å². The number of carbonyl (C=O) groups excluding carboxylic acids is 1. The van der Waals surface area contributed by atoms with Crippen LogP contribution in [0.1, 0.15) is 36.5 Å². The third kappa shape index (κ3) is 2.34. The van der Waals surface area contributed by atoms with Gasteiger partial charge in [0.15, 0.2) is 0 Å². The molecule has 2 unspecified atom stereocenters. The molecule has 0 aromatic carbocycles. The van der Waals surface area contributed by atoms with Crippen molar-refractivity contribution in [3.63, 3.8) is 0 Å². The molecule has 0 radical (unpaired) electrons. The van der Waals surface area contributed by atoms with Crippen molar-refractivity contribution in [2.45, 2.75) is 38.3 Å². The second-order valence-electron chi connectivity index (χ2n) is 4.78. The first kappa shape index (κ1) is 12.1. The van der Waals surface area contributed by atoms with Gasteiger partial charge in [-0.3, -0.25) is 9.48 Å². The minimum absolute atomic E-state index is 0.0563. The zero-order valence-corrected chi connectivity index (χ0v) is 10.5. The van der Waals surface area contributed by atoms with Crippen molar-refractivity contribution in [2.24, 2.45) is 12.8 Å². The van der Waals surface area contributed by atoms with Gasteiger partial charge in [-0.1, -0.05) is 0 Å². The first-order valence-electron chi connectivity index (χ1n) is 6.15. The number of nitrogens with zero attached hydrogens (tertiary/aromatic N) is 3. The molecule has 2 atom stereocenters. The molecule has 2 heterocycles. The van der Waals surface area contributed by atoms with Crippen LogP contribution >= 0.6 is 0 Å². The van der Waals surface area contributed by atoms with Crippen molar-refractivity contribution in [1.29, 1.82) is 0 Å². The number of aromatic nitrogens is 2. The van der Waals surface area contributed by atoms with Gasteiger partial charge in [-0.25, -0.2) is 0 Å². The summed E-state index contributed by atoms with van der Waals surface area (Å²) in [6.07, 6.45) is 6.60. The van der Waals surface area contributed by atoms with E-state index in [0.29, 0.717) is 12.1 Å². The van der Waals surface area contributed by atoms with Crippen LogP contribution in [0, 0.1) is 0 Å². The van der Waals surface area contributed by atoms with Crippen molar-refractivity contribution in [3.05, 3.63) is 18.0 Å². The lowest BCUT2D eigenvalue weighted by Gasteiger charge is -2.40. The zero-order chi connectivity index (χ0) is 12.4. The van der Waals surface area contributed by atoms with E-state index in [1.54, 1.807) is 17.1 Å². The number of nitrogens with two attached hydrogens (primary N) is 1. The molecule has 5 heteroatoms. The molecule has 94 valence electrons. The molecule has 1 saturated heterocycles. The summed E-state index contributed by atoms with van der Waals surface area (Å²) >= 11 is 0. The van der Waals surface area contributed by atoms with Gasteiger partial charge in [-0.2, -0.15) is 5.10 Å². The lowest BCUT2D eigenvalue weighted by molar-refractivity contribution is 0.0494. The number of aryl methyl sites for hydroxylation is 1. The molecule has 0 aliphatic carbocycles. The normalized spacial score (nSPS) is 25.0. The van der Waals surface area contributed by atoms with E-state index in [4.69, 9.17) is 5.73 Å². The van der Waals surface area contributed by atoms with E-state index in [1.165, 1.54) is 0 Å². The third-order valence-corrected chi connectivity index (χ3v) is 3.49. The second-order valence-corrected chi connectivity index (χ2v) is 4.78. The number of hydrogen-bond donors (Lipinski definition) is 1. The van der Waals surface area contributed by atoms with Crippen LogP contribution in [0.15, 0.2) is 12.4 Å². The fraction of sp³-hybridized carbons (Fsp3) is 0.667. The van der Waals surface area contributed by atoms with Crippen LogP contribution in [0.4, 0.5) is 0 Å². The molecule has 17 heavy (non-hydrogen) atoms. The summed E-state index contributed by atoms with van der Waals surface area (Å²) in [6, 6.07) is 0.441. The van der Waals surface area contributed by atoms with Crippen LogP contribution in [0.25, 0.3) is 0 Å². The minimum Gasteiger partial charge on any atom is -0.332 e. The topological polar surface area (TPSA) is 64.2 Å². The first-order valence-corrected chi connectivity index (χ1v) is 6.15. The van der Waals surface area contributed by atoms with Gasteiger partial charge in [-0.05, 0) is 26.2 Å². The first-order chi connectivity index (χ1) is 8.13. The van der Waals surface area contributed by atoms with Crippen LogP contribution in [-0.4, -0.2) is 39.2 Å². The number of carbonyl (C=O) groups is 1. The van der Waals surface area contributed by atoms with Gasteiger partial charge in [-0.15, -0.1) is 0 Å². The molecule has 5 nitrogen and oxygen atoms in total. The van der Waals surface area contributed by atoms with Gasteiger partial charge in [0, 0.05) is 31.9 Å². The highest BCUT2D eigenvalue weighted by atomic mass is 16.2. The van der Waals surface area contributed by atoms with Gasteiger partial charge in [0.1, 0.15) is 0 Å². The SMILES string of the molecule is CC1CCCC(CN)N1C(=O)c1cnn(C)c1. The Bertz CT molecular complexity index is 401. The van der Waals surface area contributed by atoms with Crippen LogP contribution < -0.4 is 5.73 Å². The Morgan fingerprint density at radius 1 is 1.59 bits per heavy atom. The molecule has 1 aromatic rings. The molecule has 0 saturated carbocycles. The maximum Gasteiger partial charge on any atom is 0.257 e. The Kier molecular flexibility index (Phi) is 3.47. The van der Waals surface area contributed by atoms with Crippen molar-refractivity contribution >= 4 is 5.91 Å². The van der Waals surface area contributed by atoms with E-state index < -0.39 is 0 Å². The molecular formula is C12H20N4O. The van der Waals surface area contributed by atoms with Crippen LogP contribution in [0.2, 0.25) is 0 Å². The average molecular weight is 236 g/mol. The molecule has 1 fully saturated rings. The number of hydrogen-bond acceptors (Lipinski definition) is 3. The molecule has 0 bridgehead atoms. The van der Waals surface area contributed by atoms with E-state index in [9.17, 15) is 4.79 Å². The van der Waals surface area contributed by atoms with Gasteiger partial charge >= 0.3 is 0 Å². The lowest BCUT2D eigenvalue weighted by atomic mass is 9.95. The van der Waals surface area contributed by atoms with E-state index in [1.807, 2.05) is 11.9 Å². The molecule has 1 aliphatic heterocycles. The Hall–Kier alpha value is -1.36. The molecule has 2 rings (SSSR count). The Labute approximate surface area is 102 Å². The fourth-order valence-corrected chi connectivity index (χ4v) is 2.57. The largest absolute Gasteiger partial charge is 0.332 e. The van der Waals surface area contributed by atoms with Crippen LogP contribution in [0.3, 0.4) is 0 Å². The van der Waals surface area contributed by atoms with Gasteiger partial charge in [0.25, 0.3) is 5.91 Å². The van der Waals surface area contributed by atoms with Gasteiger partial charge < -0.3 is 10.6 Å². The lowest BCUT2D eigenvalue weighted by Crippen LogP contribution is -2.51. The highest BCUT2D eigenvalue weighted by Crippen LogP contribution is 2.24. The summed E-state index contributed by atoms with van der Waals surface area (Å²) in [5, 5.41) is 4.05. The average Bonchev–Trinajstić information content (AvgIpc) is 2.74. The monoisotopic (exact) mass is 236 g/mol. The Morgan fingerprint density at radius 3 is 2.94 bits per heavy atom. The van der Waals surface area contributed by atoms with Crippen LogP contribution in [-0.2, 0) is 7.05 Å². The maximum atomic E-state index is 12.4. The van der Waals surface area contributed by atoms with E-state index in [0.717, 1.165) is 19.3 Å². The summed E-state index contributed by atoms with van der Waals surface area (Å²) in [5.74, 6) is 0.0563. The maximum absolute atomic E-state index is 12.4. The number of piperidine rings is 1. The number of likely N-dealkylation sites (tertiary alicyclic amines) is 1. The predicted molar refractivity (Wildman–Crippen MR) is 65.5 cm³/mol. The second kappa shape index (κ2) is 4.87. The van der Waals surface area contributed by atoms with Gasteiger partial charge in [0.2, 0.25) is 0 Å². The molecule has 1 amide bonds. The molecule has 0 spiro atoms. The third-order valence-electron chi connectivity index (χ3n) is 3.49. The van der Waals surface area contributed by atoms with Crippen LogP contribution in [0.5, 0.6) is 0 Å². The number of rotatable bonds is 2. The summed E-state index contributed by atoms with van der Waals surface area (Å²) in [4.78, 5) is 14.3. The predicted octanol–water partition coefficient (Wildman–Crippen LogP) is 0.762. The quantitative estimate of drug-likeness (QED) is 0.824. The molecule has 1 aromatic heterocycles. The standard InChI is InChI=1S/C12H20N4O/c1-9-4-3-5-11(6-13)16(9)12(17)10-7-14-15(2)8-10/h7-9,11H,3-6,13H2,1-2H3. The summed E-state index contributed by atoms with van der Waals surface area (Å²) in [5.41, 5.74) is 6.41. The van der Waals surface area contributed by atoms with Gasteiger partial charge in [0.05, 0.1) is 11.8 Å². The smallest absolute Gasteiger partial charge is 0.257 e. The van der Waals surface area contributed by atoms with E-state index in [-0.39, 0.29) is 18.0 Å². The zero-order valence-electron chi connectivity index (χ0n) is 10.5. The molecule has 1 aliphatic rings. The van der Waals surface area contributed by atoms with E-state index in [2.05, 4.69) is 12.0 Å². The summed E-state index contributed by atoms with van der Waals surface area (Å²) in [6.45, 7) is 2.63. The molecular weight excluding hydrogens is 216 g/mol. The van der Waals surface area contributed by atoms with Crippen molar-refractivity contribution in [1.82, 2.24) is 14.7 Å². The van der Waals surface area contributed by atoms with Crippen molar-refractivity contribution in [2.75, 3.05) is 6.54 Å². The minimum atomic E-state index is 0.0563. The highest BCUT2D eigenvalue weighted by Gasteiger charge is 2.31. The summed E-state index contributed by atoms with van der Waals surface area (Å²) in [7, 11) is 1.82. The van der Waals surface area contributed by atoms with Crippen molar-refractivity contribution in [3.8, 4) is 0 Å². The Balaban J connectivity index is 2.21. The molecule has 2 N–H and O–H groups in total. The summed E-state index contributed by atoms with van der Waals surface area (Å²) < 4.78 is 1.65.